The molecule has 0 bridgehead atoms. The van der Waals surface area contributed by atoms with Crippen LogP contribution in [0.25, 0.3) is 0 Å². The van der Waals surface area contributed by atoms with Crippen LogP contribution < -0.4 is 10.1 Å². The standard InChI is InChI=1S/C18H30N2O/c1-5-21-18-11-7-6-10-17(18)15(4)20(14(2)3)13-16-9-8-12-19-16/h6-7,10-11,14-16,19H,5,8-9,12-13H2,1-4H3. The fourth-order valence-electron chi connectivity index (χ4n) is 3.27. The van der Waals surface area contributed by atoms with Crippen LogP contribution in [-0.4, -0.2) is 36.7 Å². The van der Waals surface area contributed by atoms with Gasteiger partial charge in [0.2, 0.25) is 0 Å². The third kappa shape index (κ3) is 4.21. The molecule has 2 atom stereocenters. The van der Waals surface area contributed by atoms with Gasteiger partial charge in [-0.25, -0.2) is 0 Å². The smallest absolute Gasteiger partial charge is 0.124 e. The maximum atomic E-state index is 5.82. The van der Waals surface area contributed by atoms with E-state index in [1.807, 2.05) is 6.92 Å². The van der Waals surface area contributed by atoms with Crippen molar-refractivity contribution >= 4 is 0 Å². The first kappa shape index (κ1) is 16.3. The van der Waals surface area contributed by atoms with E-state index in [2.05, 4.69) is 55.3 Å². The Morgan fingerprint density at radius 3 is 2.67 bits per heavy atom. The van der Waals surface area contributed by atoms with Crippen LogP contribution in [-0.2, 0) is 0 Å². The maximum absolute atomic E-state index is 5.82. The van der Waals surface area contributed by atoms with E-state index >= 15 is 0 Å². The van der Waals surface area contributed by atoms with Crippen LogP contribution in [0.3, 0.4) is 0 Å². The van der Waals surface area contributed by atoms with Gasteiger partial charge in [0, 0.05) is 30.2 Å². The van der Waals surface area contributed by atoms with Crippen molar-refractivity contribution < 1.29 is 4.74 Å². The van der Waals surface area contributed by atoms with E-state index in [0.717, 1.165) is 18.9 Å². The third-order valence-electron chi connectivity index (χ3n) is 4.42. The molecule has 1 aliphatic heterocycles. The van der Waals surface area contributed by atoms with E-state index in [1.165, 1.54) is 24.9 Å². The van der Waals surface area contributed by atoms with Crippen molar-refractivity contribution in [3.05, 3.63) is 29.8 Å². The van der Waals surface area contributed by atoms with Gasteiger partial charge in [-0.3, -0.25) is 4.90 Å². The molecule has 1 aliphatic rings. The van der Waals surface area contributed by atoms with Gasteiger partial charge in [-0.2, -0.15) is 0 Å². The Morgan fingerprint density at radius 2 is 2.05 bits per heavy atom. The van der Waals surface area contributed by atoms with Crippen molar-refractivity contribution in [2.24, 2.45) is 0 Å². The Hall–Kier alpha value is -1.06. The molecule has 21 heavy (non-hydrogen) atoms. The normalized spacial score (nSPS) is 20.2. The lowest BCUT2D eigenvalue weighted by molar-refractivity contribution is 0.147. The monoisotopic (exact) mass is 290 g/mol. The topological polar surface area (TPSA) is 24.5 Å². The number of benzene rings is 1. The summed E-state index contributed by atoms with van der Waals surface area (Å²) in [5.41, 5.74) is 1.30. The second-order valence-electron chi connectivity index (χ2n) is 6.23. The molecular weight excluding hydrogens is 260 g/mol. The van der Waals surface area contributed by atoms with Gasteiger partial charge in [0.15, 0.2) is 0 Å². The van der Waals surface area contributed by atoms with Crippen LogP contribution in [0.4, 0.5) is 0 Å². The second kappa shape index (κ2) is 7.81. The van der Waals surface area contributed by atoms with Crippen LogP contribution in [0, 0.1) is 0 Å². The van der Waals surface area contributed by atoms with Crippen molar-refractivity contribution in [1.29, 1.82) is 0 Å². The molecule has 0 aliphatic carbocycles. The van der Waals surface area contributed by atoms with E-state index in [0.29, 0.717) is 18.1 Å². The van der Waals surface area contributed by atoms with Crippen LogP contribution in [0.15, 0.2) is 24.3 Å². The number of rotatable bonds is 7. The number of nitrogens with one attached hydrogen (secondary N) is 1. The minimum absolute atomic E-state index is 0.371. The molecule has 1 aromatic carbocycles. The average molecular weight is 290 g/mol. The highest BCUT2D eigenvalue weighted by atomic mass is 16.5. The molecule has 3 nitrogen and oxygen atoms in total. The quantitative estimate of drug-likeness (QED) is 0.830. The Morgan fingerprint density at radius 1 is 1.29 bits per heavy atom. The van der Waals surface area contributed by atoms with E-state index in [9.17, 15) is 0 Å². The van der Waals surface area contributed by atoms with Crippen molar-refractivity contribution in [2.45, 2.75) is 58.7 Å². The highest BCUT2D eigenvalue weighted by Gasteiger charge is 2.25. The molecule has 0 amide bonds. The van der Waals surface area contributed by atoms with Crippen LogP contribution in [0.2, 0.25) is 0 Å². The molecule has 1 fully saturated rings. The first-order valence-corrected chi connectivity index (χ1v) is 8.34. The molecule has 1 N–H and O–H groups in total. The first-order valence-electron chi connectivity index (χ1n) is 8.34. The molecule has 0 spiro atoms. The summed E-state index contributed by atoms with van der Waals surface area (Å²) in [6.07, 6.45) is 2.60. The lowest BCUT2D eigenvalue weighted by Crippen LogP contribution is -2.42. The molecule has 118 valence electrons. The third-order valence-corrected chi connectivity index (χ3v) is 4.42. The molecule has 2 unspecified atom stereocenters. The fraction of sp³-hybridized carbons (Fsp3) is 0.667. The molecule has 2 rings (SSSR count). The van der Waals surface area contributed by atoms with Crippen LogP contribution in [0.1, 0.15) is 52.1 Å². The van der Waals surface area contributed by atoms with Crippen LogP contribution in [0.5, 0.6) is 5.75 Å². The molecule has 0 saturated carbocycles. The minimum Gasteiger partial charge on any atom is -0.494 e. The highest BCUT2D eigenvalue weighted by molar-refractivity contribution is 5.35. The Labute approximate surface area is 129 Å². The SMILES string of the molecule is CCOc1ccccc1C(C)N(CC1CCCN1)C(C)C. The van der Waals surface area contributed by atoms with Gasteiger partial charge in [-0.1, -0.05) is 18.2 Å². The van der Waals surface area contributed by atoms with E-state index < -0.39 is 0 Å². The zero-order valence-electron chi connectivity index (χ0n) is 13.9. The zero-order valence-corrected chi connectivity index (χ0v) is 13.9. The highest BCUT2D eigenvalue weighted by Crippen LogP contribution is 2.31. The van der Waals surface area contributed by atoms with Crippen LogP contribution >= 0.6 is 0 Å². The minimum atomic E-state index is 0.371. The predicted molar refractivity (Wildman–Crippen MR) is 88.9 cm³/mol. The van der Waals surface area contributed by atoms with Gasteiger partial charge in [-0.05, 0) is 53.1 Å². The van der Waals surface area contributed by atoms with Gasteiger partial charge in [0.05, 0.1) is 6.61 Å². The van der Waals surface area contributed by atoms with E-state index in [1.54, 1.807) is 0 Å². The molecule has 0 aromatic heterocycles. The molecule has 1 aromatic rings. The summed E-state index contributed by atoms with van der Waals surface area (Å²) in [6, 6.07) is 9.98. The largest absolute Gasteiger partial charge is 0.494 e. The average Bonchev–Trinajstić information content (AvgIpc) is 2.98. The van der Waals surface area contributed by atoms with Crippen molar-refractivity contribution in [2.75, 3.05) is 19.7 Å². The predicted octanol–water partition coefficient (Wildman–Crippen LogP) is 3.61. The molecule has 1 heterocycles. The Kier molecular flexibility index (Phi) is 6.07. The number of ether oxygens (including phenoxy) is 1. The Bertz CT molecular complexity index is 427. The van der Waals surface area contributed by atoms with Gasteiger partial charge in [0.1, 0.15) is 5.75 Å². The summed E-state index contributed by atoms with van der Waals surface area (Å²) >= 11 is 0. The summed E-state index contributed by atoms with van der Waals surface area (Å²) < 4.78 is 5.82. The lowest BCUT2D eigenvalue weighted by atomic mass is 10.0. The van der Waals surface area contributed by atoms with Gasteiger partial charge in [0.25, 0.3) is 0 Å². The van der Waals surface area contributed by atoms with Crippen molar-refractivity contribution in [3.63, 3.8) is 0 Å². The molecule has 3 heteroatoms. The fourth-order valence-corrected chi connectivity index (χ4v) is 3.27. The Balaban J connectivity index is 2.15. The summed E-state index contributed by atoms with van der Waals surface area (Å²) in [6.45, 7) is 11.9. The number of para-hydroxylation sites is 1. The summed E-state index contributed by atoms with van der Waals surface area (Å²) in [5.74, 6) is 1.03. The second-order valence-corrected chi connectivity index (χ2v) is 6.23. The van der Waals surface area contributed by atoms with Gasteiger partial charge < -0.3 is 10.1 Å². The number of nitrogens with zero attached hydrogens (tertiary/aromatic N) is 1. The summed E-state index contributed by atoms with van der Waals surface area (Å²) in [7, 11) is 0. The zero-order chi connectivity index (χ0) is 15.2. The van der Waals surface area contributed by atoms with Gasteiger partial charge in [-0.15, -0.1) is 0 Å². The van der Waals surface area contributed by atoms with Crippen molar-refractivity contribution in [1.82, 2.24) is 10.2 Å². The summed E-state index contributed by atoms with van der Waals surface area (Å²) in [5, 5.41) is 3.62. The van der Waals surface area contributed by atoms with Gasteiger partial charge >= 0.3 is 0 Å². The number of hydrogen-bond donors (Lipinski definition) is 1. The van der Waals surface area contributed by atoms with Crippen molar-refractivity contribution in [3.8, 4) is 5.75 Å². The molecule has 1 saturated heterocycles. The summed E-state index contributed by atoms with van der Waals surface area (Å²) in [4.78, 5) is 2.58. The van der Waals surface area contributed by atoms with E-state index in [4.69, 9.17) is 4.74 Å². The lowest BCUT2D eigenvalue weighted by Gasteiger charge is -2.35. The first-order chi connectivity index (χ1) is 10.1. The molecule has 0 radical (unpaired) electrons. The molecular formula is C18H30N2O. The maximum Gasteiger partial charge on any atom is 0.124 e. The van der Waals surface area contributed by atoms with E-state index in [-0.39, 0.29) is 0 Å². The number of hydrogen-bond acceptors (Lipinski definition) is 3.